The van der Waals surface area contributed by atoms with E-state index in [1.165, 1.54) is 17.3 Å². The third-order valence-electron chi connectivity index (χ3n) is 6.77. The number of benzene rings is 3. The number of hydrogen-bond acceptors (Lipinski definition) is 5. The first kappa shape index (κ1) is 25.2. The Morgan fingerprint density at radius 2 is 1.78 bits per heavy atom. The number of amides is 2. The van der Waals surface area contributed by atoms with E-state index in [0.717, 1.165) is 40.7 Å². The molecule has 1 fully saturated rings. The van der Waals surface area contributed by atoms with Gasteiger partial charge in [-0.1, -0.05) is 41.6 Å². The van der Waals surface area contributed by atoms with Crippen molar-refractivity contribution in [2.45, 2.75) is 11.8 Å². The Morgan fingerprint density at radius 3 is 2.54 bits per heavy atom. The van der Waals surface area contributed by atoms with Crippen molar-refractivity contribution in [3.8, 4) is 5.75 Å². The zero-order valence-corrected chi connectivity index (χ0v) is 22.6. The van der Waals surface area contributed by atoms with Crippen LogP contribution in [0.5, 0.6) is 5.75 Å². The van der Waals surface area contributed by atoms with Crippen LogP contribution in [-0.2, 0) is 4.79 Å². The van der Waals surface area contributed by atoms with Crippen molar-refractivity contribution in [3.63, 3.8) is 0 Å². The minimum Gasteiger partial charge on any atom is -0.497 e. The second-order valence-corrected chi connectivity index (χ2v) is 10.7. The molecule has 2 amide bonds. The molecule has 0 N–H and O–H groups in total. The molecule has 5 rings (SSSR count). The smallest absolute Gasteiger partial charge is 0.264 e. The number of aryl methyl sites for hydroxylation is 1. The molecule has 0 unspecified atom stereocenters. The molecule has 0 bridgehead atoms. The fourth-order valence-electron chi connectivity index (χ4n) is 4.67. The zero-order chi connectivity index (χ0) is 26.1. The molecule has 0 radical (unpaired) electrons. The van der Waals surface area contributed by atoms with Gasteiger partial charge in [0.1, 0.15) is 5.75 Å². The van der Waals surface area contributed by atoms with E-state index >= 15 is 0 Å². The number of nitrogens with zero attached hydrogens (tertiary/aromatic N) is 3. The Bertz CT molecular complexity index is 1400. The van der Waals surface area contributed by atoms with E-state index in [1.807, 2.05) is 71.6 Å². The SMILES string of the molecule is COc1cccc(C=C2Sc3ccc(C(=O)N4CCN(c5cc(Cl)ccc5C)CC4)cc3N(C)C2=O)c1. The summed E-state index contributed by atoms with van der Waals surface area (Å²) in [5, 5.41) is 0.714. The van der Waals surface area contributed by atoms with Crippen LogP contribution in [0, 0.1) is 6.92 Å². The second-order valence-electron chi connectivity index (χ2n) is 9.14. The van der Waals surface area contributed by atoms with Gasteiger partial charge in [-0.15, -0.1) is 0 Å². The third kappa shape index (κ3) is 5.20. The van der Waals surface area contributed by atoms with Crippen LogP contribution >= 0.6 is 23.4 Å². The lowest BCUT2D eigenvalue weighted by atomic mass is 10.1. The van der Waals surface area contributed by atoms with Gasteiger partial charge in [-0.2, -0.15) is 0 Å². The van der Waals surface area contributed by atoms with Gasteiger partial charge >= 0.3 is 0 Å². The minimum atomic E-state index is -0.101. The largest absolute Gasteiger partial charge is 0.497 e. The average Bonchev–Trinajstić information content (AvgIpc) is 2.92. The number of ether oxygens (including phenoxy) is 1. The fraction of sp³-hybridized carbons (Fsp3) is 0.241. The molecule has 6 nitrogen and oxygen atoms in total. The summed E-state index contributed by atoms with van der Waals surface area (Å²) in [6.45, 7) is 4.80. The van der Waals surface area contributed by atoms with Crippen LogP contribution in [0.2, 0.25) is 5.02 Å². The van der Waals surface area contributed by atoms with Crippen LogP contribution in [0.25, 0.3) is 6.08 Å². The number of thioether (sulfide) groups is 1. The number of carbonyl (C=O) groups is 2. The van der Waals surface area contributed by atoms with E-state index in [-0.39, 0.29) is 11.8 Å². The second kappa shape index (κ2) is 10.5. The Kier molecular flexibility index (Phi) is 7.17. The molecule has 3 aromatic carbocycles. The number of piperazine rings is 1. The highest BCUT2D eigenvalue weighted by molar-refractivity contribution is 8.04. The van der Waals surface area contributed by atoms with Crippen molar-refractivity contribution in [3.05, 3.63) is 87.3 Å². The Balaban J connectivity index is 1.31. The molecule has 37 heavy (non-hydrogen) atoms. The number of fused-ring (bicyclic) bond motifs is 1. The van der Waals surface area contributed by atoms with E-state index in [1.54, 1.807) is 19.1 Å². The van der Waals surface area contributed by atoms with Crippen molar-refractivity contribution < 1.29 is 14.3 Å². The van der Waals surface area contributed by atoms with Crippen LogP contribution in [-0.4, -0.2) is 57.1 Å². The van der Waals surface area contributed by atoms with Crippen molar-refractivity contribution in [1.82, 2.24) is 4.90 Å². The third-order valence-corrected chi connectivity index (χ3v) is 8.09. The quantitative estimate of drug-likeness (QED) is 0.401. The first-order valence-electron chi connectivity index (χ1n) is 12.1. The maximum atomic E-state index is 13.4. The van der Waals surface area contributed by atoms with Gasteiger partial charge in [-0.25, -0.2) is 0 Å². The predicted octanol–water partition coefficient (Wildman–Crippen LogP) is 5.73. The van der Waals surface area contributed by atoms with E-state index in [9.17, 15) is 9.59 Å². The highest BCUT2D eigenvalue weighted by Gasteiger charge is 2.29. The van der Waals surface area contributed by atoms with Crippen LogP contribution in [0.4, 0.5) is 11.4 Å². The van der Waals surface area contributed by atoms with Gasteiger partial charge in [0.05, 0.1) is 17.7 Å². The van der Waals surface area contributed by atoms with E-state index in [4.69, 9.17) is 16.3 Å². The summed E-state index contributed by atoms with van der Waals surface area (Å²) in [5.41, 5.74) is 4.52. The molecule has 0 aromatic heterocycles. The predicted molar refractivity (Wildman–Crippen MR) is 151 cm³/mol. The van der Waals surface area contributed by atoms with Gasteiger partial charge in [-0.3, -0.25) is 9.59 Å². The summed E-state index contributed by atoms with van der Waals surface area (Å²) in [6, 6.07) is 19.1. The van der Waals surface area contributed by atoms with E-state index in [2.05, 4.69) is 11.8 Å². The van der Waals surface area contributed by atoms with Crippen LogP contribution in [0.1, 0.15) is 21.5 Å². The first-order valence-corrected chi connectivity index (χ1v) is 13.3. The van der Waals surface area contributed by atoms with Crippen molar-refractivity contribution >= 4 is 52.6 Å². The van der Waals surface area contributed by atoms with Crippen LogP contribution < -0.4 is 14.5 Å². The normalized spacial score (nSPS) is 16.7. The molecule has 1 saturated heterocycles. The summed E-state index contributed by atoms with van der Waals surface area (Å²) >= 11 is 7.63. The fourth-order valence-corrected chi connectivity index (χ4v) is 5.92. The molecule has 0 saturated carbocycles. The maximum absolute atomic E-state index is 13.4. The molecular formula is C29H28ClN3O3S. The number of anilines is 2. The first-order chi connectivity index (χ1) is 17.8. The molecule has 190 valence electrons. The van der Waals surface area contributed by atoms with Crippen molar-refractivity contribution in [2.24, 2.45) is 0 Å². The Labute approximate surface area is 226 Å². The average molecular weight is 534 g/mol. The van der Waals surface area contributed by atoms with E-state index in [0.29, 0.717) is 28.6 Å². The number of hydrogen-bond donors (Lipinski definition) is 0. The molecule has 0 aliphatic carbocycles. The summed E-state index contributed by atoms with van der Waals surface area (Å²) in [7, 11) is 3.37. The Hall–Kier alpha value is -3.42. The summed E-state index contributed by atoms with van der Waals surface area (Å²) in [5.74, 6) is 0.618. The standard InChI is InChI=1S/C29H28ClN3O3S/c1-19-7-9-22(30)18-24(19)32-11-13-33(14-12-32)28(34)21-8-10-26-25(17-21)31(2)29(35)27(37-26)16-20-5-4-6-23(15-20)36-3/h4-10,15-18H,11-14H2,1-3H3. The molecule has 8 heteroatoms. The monoisotopic (exact) mass is 533 g/mol. The Morgan fingerprint density at radius 1 is 1.00 bits per heavy atom. The lowest BCUT2D eigenvalue weighted by Crippen LogP contribution is -2.49. The van der Waals surface area contributed by atoms with Gasteiger partial charge in [-0.05, 0) is 66.6 Å². The lowest BCUT2D eigenvalue weighted by molar-refractivity contribution is -0.114. The summed E-state index contributed by atoms with van der Waals surface area (Å²) < 4.78 is 5.30. The van der Waals surface area contributed by atoms with Gasteiger partial charge in [0.2, 0.25) is 0 Å². The number of rotatable bonds is 4. The molecule has 2 aliphatic rings. The molecule has 0 atom stereocenters. The molecule has 2 aliphatic heterocycles. The van der Waals surface area contributed by atoms with Gasteiger partial charge < -0.3 is 19.4 Å². The zero-order valence-electron chi connectivity index (χ0n) is 21.0. The van der Waals surface area contributed by atoms with Gasteiger partial charge in [0.25, 0.3) is 11.8 Å². The highest BCUT2D eigenvalue weighted by Crippen LogP contribution is 2.42. The molecule has 2 heterocycles. The lowest BCUT2D eigenvalue weighted by Gasteiger charge is -2.37. The van der Waals surface area contributed by atoms with Crippen LogP contribution in [0.3, 0.4) is 0 Å². The van der Waals surface area contributed by atoms with Crippen molar-refractivity contribution in [2.75, 3.05) is 50.1 Å². The van der Waals surface area contributed by atoms with E-state index < -0.39 is 0 Å². The van der Waals surface area contributed by atoms with Crippen molar-refractivity contribution in [1.29, 1.82) is 0 Å². The maximum Gasteiger partial charge on any atom is 0.264 e. The summed E-state index contributed by atoms with van der Waals surface area (Å²) in [6.07, 6.45) is 1.87. The highest BCUT2D eigenvalue weighted by atomic mass is 35.5. The number of likely N-dealkylation sites (N-methyl/N-ethyl adjacent to an activating group) is 1. The number of methoxy groups -OCH3 is 1. The van der Waals surface area contributed by atoms with Gasteiger partial charge in [0.15, 0.2) is 0 Å². The van der Waals surface area contributed by atoms with Gasteiger partial charge in [0, 0.05) is 54.4 Å². The topological polar surface area (TPSA) is 53.1 Å². The molecule has 3 aromatic rings. The number of halogens is 1. The minimum absolute atomic E-state index is 0.0196. The molecule has 0 spiro atoms. The number of carbonyl (C=O) groups excluding carboxylic acids is 2. The molecular weight excluding hydrogens is 506 g/mol. The van der Waals surface area contributed by atoms with Crippen LogP contribution in [0.15, 0.2) is 70.5 Å². The summed E-state index contributed by atoms with van der Waals surface area (Å²) in [4.78, 5) is 33.8.